The van der Waals surface area contributed by atoms with Gasteiger partial charge in [0.05, 0.1) is 24.3 Å². The molecule has 1 aromatic heterocycles. The molecule has 2 aliphatic rings. The summed E-state index contributed by atoms with van der Waals surface area (Å²) in [5, 5.41) is 1.05. The van der Waals surface area contributed by atoms with Gasteiger partial charge >= 0.3 is 0 Å². The van der Waals surface area contributed by atoms with Crippen LogP contribution in [0.15, 0.2) is 24.5 Å². The second-order valence-corrected chi connectivity index (χ2v) is 5.93. The van der Waals surface area contributed by atoms with Crippen LogP contribution in [0.5, 0.6) is 0 Å². The predicted molar refractivity (Wildman–Crippen MR) is 83.3 cm³/mol. The van der Waals surface area contributed by atoms with Crippen molar-refractivity contribution in [1.82, 2.24) is 9.97 Å². The van der Waals surface area contributed by atoms with Crippen molar-refractivity contribution in [1.29, 1.82) is 0 Å². The normalized spacial score (nSPS) is 25.8. The van der Waals surface area contributed by atoms with Crippen LogP contribution in [0.25, 0.3) is 10.9 Å². The molecular weight excluding hydrogens is 264 g/mol. The van der Waals surface area contributed by atoms with E-state index in [0.29, 0.717) is 12.1 Å². The summed E-state index contributed by atoms with van der Waals surface area (Å²) in [7, 11) is 0. The Kier molecular flexibility index (Phi) is 3.15. The number of aromatic nitrogens is 2. The van der Waals surface area contributed by atoms with Gasteiger partial charge in [0.2, 0.25) is 0 Å². The van der Waals surface area contributed by atoms with E-state index in [-0.39, 0.29) is 0 Å². The van der Waals surface area contributed by atoms with E-state index in [2.05, 4.69) is 14.9 Å². The van der Waals surface area contributed by atoms with Gasteiger partial charge in [0, 0.05) is 17.6 Å². The number of nitrogen functional groups attached to an aromatic ring is 1. The molecule has 5 heteroatoms. The van der Waals surface area contributed by atoms with Crippen LogP contribution >= 0.6 is 0 Å². The lowest BCUT2D eigenvalue weighted by Gasteiger charge is -2.44. The van der Waals surface area contributed by atoms with Crippen LogP contribution in [-0.2, 0) is 4.74 Å². The van der Waals surface area contributed by atoms with Crippen LogP contribution in [0.4, 0.5) is 11.5 Å². The number of hydrogen-bond acceptors (Lipinski definition) is 5. The van der Waals surface area contributed by atoms with Gasteiger partial charge in [0.15, 0.2) is 0 Å². The topological polar surface area (TPSA) is 64.3 Å². The average molecular weight is 284 g/mol. The molecule has 2 fully saturated rings. The summed E-state index contributed by atoms with van der Waals surface area (Å²) >= 11 is 0. The predicted octanol–water partition coefficient (Wildman–Crippen LogP) is 2.36. The molecule has 2 N–H and O–H groups in total. The van der Waals surface area contributed by atoms with E-state index in [1.807, 2.05) is 18.2 Å². The molecule has 0 radical (unpaired) electrons. The number of anilines is 2. The number of fused-ring (bicyclic) bond motifs is 2. The average Bonchev–Trinajstić information content (AvgIpc) is 2.54. The van der Waals surface area contributed by atoms with E-state index in [1.165, 1.54) is 19.3 Å². The van der Waals surface area contributed by atoms with E-state index in [1.54, 1.807) is 6.33 Å². The molecule has 21 heavy (non-hydrogen) atoms. The summed E-state index contributed by atoms with van der Waals surface area (Å²) in [6, 6.07) is 6.28. The number of morpholine rings is 1. The molecule has 0 spiro atoms. The van der Waals surface area contributed by atoms with Crippen LogP contribution in [0.1, 0.15) is 25.7 Å². The van der Waals surface area contributed by atoms with Crippen LogP contribution in [0.3, 0.4) is 0 Å². The van der Waals surface area contributed by atoms with Crippen LogP contribution in [-0.4, -0.2) is 35.3 Å². The highest BCUT2D eigenvalue weighted by molar-refractivity contribution is 5.91. The Hall–Kier alpha value is -1.88. The van der Waals surface area contributed by atoms with Crippen LogP contribution in [0, 0.1) is 0 Å². The minimum absolute atomic E-state index is 0.346. The Balaban J connectivity index is 1.79. The molecule has 2 heterocycles. The van der Waals surface area contributed by atoms with E-state index in [9.17, 15) is 0 Å². The lowest BCUT2D eigenvalue weighted by atomic mass is 9.90. The van der Waals surface area contributed by atoms with Crippen molar-refractivity contribution < 1.29 is 4.74 Å². The van der Waals surface area contributed by atoms with Gasteiger partial charge in [-0.3, -0.25) is 0 Å². The molecule has 0 bridgehead atoms. The first-order valence-corrected chi connectivity index (χ1v) is 7.71. The Morgan fingerprint density at radius 1 is 1.19 bits per heavy atom. The lowest BCUT2D eigenvalue weighted by molar-refractivity contribution is -0.00887. The number of nitrogens with two attached hydrogens (primary N) is 1. The number of benzene rings is 1. The summed E-state index contributed by atoms with van der Waals surface area (Å²) in [6.45, 7) is 1.66. The fraction of sp³-hybridized carbons (Fsp3) is 0.500. The number of ether oxygens (including phenoxy) is 1. The van der Waals surface area contributed by atoms with E-state index in [4.69, 9.17) is 10.5 Å². The van der Waals surface area contributed by atoms with Gasteiger partial charge in [0.25, 0.3) is 0 Å². The van der Waals surface area contributed by atoms with Crippen LogP contribution in [0.2, 0.25) is 0 Å². The number of hydrogen-bond donors (Lipinski definition) is 1. The molecule has 1 aromatic carbocycles. The molecule has 1 aliphatic carbocycles. The second kappa shape index (κ2) is 5.15. The van der Waals surface area contributed by atoms with Gasteiger partial charge in [-0.15, -0.1) is 0 Å². The third-order valence-electron chi connectivity index (χ3n) is 4.64. The number of rotatable bonds is 1. The molecule has 5 nitrogen and oxygen atoms in total. The van der Waals surface area contributed by atoms with Crippen molar-refractivity contribution in [2.45, 2.75) is 37.8 Å². The molecule has 2 atom stereocenters. The molecule has 4 rings (SSSR count). The lowest BCUT2D eigenvalue weighted by Crippen LogP contribution is -2.53. The standard InChI is InChI=1S/C16H20N4O/c17-11-5-6-13-12(9-11)16(19-10-18-13)20-7-8-21-15-4-2-1-3-14(15)20/h5-6,9-10,14-15H,1-4,7-8,17H2. The van der Waals surface area contributed by atoms with Gasteiger partial charge < -0.3 is 15.4 Å². The van der Waals surface area contributed by atoms with Crippen molar-refractivity contribution in [3.05, 3.63) is 24.5 Å². The van der Waals surface area contributed by atoms with Crippen molar-refractivity contribution in [2.24, 2.45) is 0 Å². The van der Waals surface area contributed by atoms with Crippen LogP contribution < -0.4 is 10.6 Å². The Morgan fingerprint density at radius 3 is 3.05 bits per heavy atom. The molecule has 1 aliphatic heterocycles. The molecule has 2 aromatic rings. The van der Waals surface area contributed by atoms with Crippen molar-refractivity contribution in [3.8, 4) is 0 Å². The largest absolute Gasteiger partial charge is 0.399 e. The first kappa shape index (κ1) is 12.8. The summed E-state index contributed by atoms with van der Waals surface area (Å²) < 4.78 is 5.96. The highest BCUT2D eigenvalue weighted by atomic mass is 16.5. The van der Waals surface area contributed by atoms with Gasteiger partial charge in [-0.1, -0.05) is 12.8 Å². The maximum Gasteiger partial charge on any atom is 0.140 e. The Bertz CT molecular complexity index is 658. The van der Waals surface area contributed by atoms with Gasteiger partial charge in [-0.2, -0.15) is 0 Å². The van der Waals surface area contributed by atoms with Gasteiger partial charge in [-0.25, -0.2) is 9.97 Å². The van der Waals surface area contributed by atoms with E-state index in [0.717, 1.165) is 42.0 Å². The minimum atomic E-state index is 0.346. The molecular formula is C16H20N4O. The third-order valence-corrected chi connectivity index (χ3v) is 4.64. The molecule has 0 amide bonds. The highest BCUT2D eigenvalue weighted by Crippen LogP contribution is 2.34. The summed E-state index contributed by atoms with van der Waals surface area (Å²) in [4.78, 5) is 11.3. The summed E-state index contributed by atoms with van der Waals surface area (Å²) in [5.41, 5.74) is 7.66. The van der Waals surface area contributed by atoms with E-state index < -0.39 is 0 Å². The maximum atomic E-state index is 5.96. The molecule has 1 saturated carbocycles. The van der Waals surface area contributed by atoms with Gasteiger partial charge in [0.1, 0.15) is 12.1 Å². The summed E-state index contributed by atoms with van der Waals surface area (Å²) in [5.74, 6) is 1.01. The zero-order chi connectivity index (χ0) is 14.2. The quantitative estimate of drug-likeness (QED) is 0.814. The first-order chi connectivity index (χ1) is 10.3. The highest BCUT2D eigenvalue weighted by Gasteiger charge is 2.35. The monoisotopic (exact) mass is 284 g/mol. The molecule has 110 valence electrons. The van der Waals surface area contributed by atoms with Crippen molar-refractivity contribution in [3.63, 3.8) is 0 Å². The minimum Gasteiger partial charge on any atom is -0.399 e. The van der Waals surface area contributed by atoms with E-state index >= 15 is 0 Å². The zero-order valence-electron chi connectivity index (χ0n) is 12.0. The van der Waals surface area contributed by atoms with Gasteiger partial charge in [-0.05, 0) is 31.0 Å². The third kappa shape index (κ3) is 2.21. The fourth-order valence-corrected chi connectivity index (χ4v) is 3.65. The Labute approximate surface area is 124 Å². The molecule has 1 saturated heterocycles. The SMILES string of the molecule is Nc1ccc2ncnc(N3CCOC4CCCCC43)c2c1. The number of nitrogens with zero attached hydrogens (tertiary/aromatic N) is 3. The second-order valence-electron chi connectivity index (χ2n) is 5.93. The smallest absolute Gasteiger partial charge is 0.140 e. The molecule has 2 unspecified atom stereocenters. The van der Waals surface area contributed by atoms with Crippen molar-refractivity contribution >= 4 is 22.4 Å². The Morgan fingerprint density at radius 2 is 2.10 bits per heavy atom. The summed E-state index contributed by atoms with van der Waals surface area (Å²) in [6.07, 6.45) is 6.88. The zero-order valence-corrected chi connectivity index (χ0v) is 12.0. The van der Waals surface area contributed by atoms with Crippen molar-refractivity contribution in [2.75, 3.05) is 23.8 Å². The first-order valence-electron chi connectivity index (χ1n) is 7.71. The fourth-order valence-electron chi connectivity index (χ4n) is 3.65. The maximum absolute atomic E-state index is 5.96.